The Morgan fingerprint density at radius 3 is 2.14 bits per heavy atom. The van der Waals surface area contributed by atoms with Crippen molar-refractivity contribution in [2.45, 2.75) is 69.7 Å². The molecule has 5 amide bonds. The summed E-state index contributed by atoms with van der Waals surface area (Å²) in [6.07, 6.45) is 0.581. The number of nitrogen functional groups attached to an aromatic ring is 1. The van der Waals surface area contributed by atoms with Crippen molar-refractivity contribution in [3.05, 3.63) is 57.0 Å². The third-order valence-electron chi connectivity index (χ3n) is 8.82. The number of fused-ring (bicyclic) bond motifs is 1. The molecular formula is C37H51N15O11. The molecule has 3 rings (SSSR count). The number of nitrogens with one attached hydrogen (secondary N) is 8. The van der Waals surface area contributed by atoms with Gasteiger partial charge >= 0.3 is 5.97 Å². The van der Waals surface area contributed by atoms with E-state index in [1.807, 2.05) is 0 Å². The molecule has 3 aromatic rings. The Balaban J connectivity index is 1.44. The summed E-state index contributed by atoms with van der Waals surface area (Å²) in [6, 6.07) is 2.50. The van der Waals surface area contributed by atoms with Gasteiger partial charge in [-0.2, -0.15) is 9.89 Å². The van der Waals surface area contributed by atoms with Crippen molar-refractivity contribution in [3.63, 3.8) is 0 Å². The maximum Gasteiger partial charge on any atom is 0.303 e. The zero-order valence-corrected chi connectivity index (χ0v) is 34.4. The molecule has 0 bridgehead atoms. The SMILES string of the molecule is CC(C)(N)C(=O)[C@H](CCN=O)NC(=O)[C@H](CCN)NCC(=O)CNC(=O)CNC(=O)CNC(=O)[C@H](CCC(=O)O)NC(=O)c1ccc(NCc2cnc3nc(N)[nH]c(=O)c3n2)cc1. The molecule has 26 nitrogen and oxygen atoms in total. The largest absolute Gasteiger partial charge is 0.481 e. The fourth-order valence-electron chi connectivity index (χ4n) is 5.52. The number of aromatic nitrogens is 4. The number of carbonyl (C=O) groups is 8. The van der Waals surface area contributed by atoms with Gasteiger partial charge in [0.1, 0.15) is 6.04 Å². The highest BCUT2D eigenvalue weighted by Gasteiger charge is 2.33. The van der Waals surface area contributed by atoms with E-state index in [9.17, 15) is 53.2 Å². The number of aromatic amines is 1. The first-order valence-corrected chi connectivity index (χ1v) is 19.4. The number of hydrogen-bond donors (Lipinski definition) is 12. The Labute approximate surface area is 358 Å². The smallest absolute Gasteiger partial charge is 0.303 e. The lowest BCUT2D eigenvalue weighted by molar-refractivity contribution is -0.137. The van der Waals surface area contributed by atoms with E-state index in [2.05, 4.69) is 62.3 Å². The summed E-state index contributed by atoms with van der Waals surface area (Å²) in [6.45, 7) is 0.689. The summed E-state index contributed by atoms with van der Waals surface area (Å²) in [5, 5.41) is 29.5. The highest BCUT2D eigenvalue weighted by Crippen LogP contribution is 2.13. The number of ketones is 2. The van der Waals surface area contributed by atoms with Gasteiger partial charge in [0.05, 0.1) is 68.8 Å². The number of carboxylic acids is 1. The van der Waals surface area contributed by atoms with E-state index in [4.69, 9.17) is 17.2 Å². The lowest BCUT2D eigenvalue weighted by Gasteiger charge is -2.27. The van der Waals surface area contributed by atoms with E-state index in [0.29, 0.717) is 11.4 Å². The van der Waals surface area contributed by atoms with Crippen LogP contribution >= 0.6 is 0 Å². The lowest BCUT2D eigenvalue weighted by Crippen LogP contribution is -2.57. The third kappa shape index (κ3) is 16.9. The molecule has 0 saturated carbocycles. The van der Waals surface area contributed by atoms with Gasteiger partial charge in [0.2, 0.25) is 29.6 Å². The van der Waals surface area contributed by atoms with Crippen LogP contribution in [0.3, 0.4) is 0 Å². The van der Waals surface area contributed by atoms with E-state index in [0.717, 1.165) is 0 Å². The third-order valence-corrected chi connectivity index (χ3v) is 8.82. The number of rotatable bonds is 27. The van der Waals surface area contributed by atoms with Crippen molar-refractivity contribution in [1.29, 1.82) is 0 Å². The molecule has 0 radical (unpaired) electrons. The number of aliphatic carboxylic acids is 1. The first-order chi connectivity index (χ1) is 29.8. The number of carboxylic acid groups (broad SMARTS) is 1. The van der Waals surface area contributed by atoms with Crippen LogP contribution in [0.2, 0.25) is 0 Å². The highest BCUT2D eigenvalue weighted by atomic mass is 16.4. The van der Waals surface area contributed by atoms with E-state index in [1.54, 1.807) is 12.1 Å². The topological polar surface area (TPSA) is 420 Å². The Bertz CT molecular complexity index is 2210. The molecule has 3 atom stereocenters. The fourth-order valence-corrected chi connectivity index (χ4v) is 5.52. The summed E-state index contributed by atoms with van der Waals surface area (Å²) in [5.74, 6) is -6.29. The predicted molar refractivity (Wildman–Crippen MR) is 224 cm³/mol. The van der Waals surface area contributed by atoms with Gasteiger partial charge in [0.15, 0.2) is 22.7 Å². The second kappa shape index (κ2) is 24.2. The first kappa shape index (κ1) is 50.0. The standard InChI is InChI=1S/C37H51N15O11/c1-37(2,40)30(58)23(10-12-47-63)49-34(61)24(9-11-38)42-15-22(53)16-43-26(54)17-44-27(55)18-46-33(60)25(7-8-28(56)57)50-32(59)19-3-5-20(6-4-19)41-13-21-14-45-31-29(48-21)35(62)52-36(39)51-31/h3-6,14,23-25,41-42H,7-13,15-18,38,40H2,1-2H3,(H,43,54)(H,44,55)(H,46,60)(H,49,61)(H,50,59)(H,56,57)(H3,39,45,51,52,62)/t23-,24-,25-/m0/s1. The number of anilines is 2. The van der Waals surface area contributed by atoms with Crippen molar-refractivity contribution in [1.82, 2.24) is 51.8 Å². The average Bonchev–Trinajstić information content (AvgIpc) is 3.24. The minimum Gasteiger partial charge on any atom is -0.481 e. The van der Waals surface area contributed by atoms with Crippen molar-refractivity contribution in [2.24, 2.45) is 16.6 Å². The number of H-pyrrole nitrogens is 1. The predicted octanol–water partition coefficient (Wildman–Crippen LogP) is -3.96. The molecule has 2 heterocycles. The van der Waals surface area contributed by atoms with Crippen molar-refractivity contribution in [3.8, 4) is 0 Å². The average molecular weight is 882 g/mol. The normalized spacial score (nSPS) is 12.5. The van der Waals surface area contributed by atoms with Crippen LogP contribution in [0.1, 0.15) is 55.6 Å². The van der Waals surface area contributed by atoms with Crippen LogP contribution in [0.15, 0.2) is 40.4 Å². The number of nitroso groups, excluding NO2 is 1. The second-order valence-corrected chi connectivity index (χ2v) is 14.5. The van der Waals surface area contributed by atoms with E-state index < -0.39 is 109 Å². The maximum absolute atomic E-state index is 13.0. The van der Waals surface area contributed by atoms with Crippen LogP contribution in [0.5, 0.6) is 0 Å². The van der Waals surface area contributed by atoms with Gasteiger partial charge in [0.25, 0.3) is 11.5 Å². The van der Waals surface area contributed by atoms with E-state index in [-0.39, 0.29) is 61.6 Å². The summed E-state index contributed by atoms with van der Waals surface area (Å²) < 4.78 is 0. The molecule has 0 aliphatic rings. The van der Waals surface area contributed by atoms with Crippen LogP contribution in [-0.4, -0.2) is 135 Å². The highest BCUT2D eigenvalue weighted by molar-refractivity contribution is 5.99. The number of Topliss-reactive ketones (excluding diaryl/α,β-unsaturated/α-hetero) is 2. The molecule has 0 aliphatic carbocycles. The van der Waals surface area contributed by atoms with Gasteiger partial charge in [-0.05, 0) is 63.9 Å². The van der Waals surface area contributed by atoms with Crippen LogP contribution in [0.25, 0.3) is 11.2 Å². The van der Waals surface area contributed by atoms with Gasteiger partial charge in [-0.3, -0.25) is 53.5 Å². The lowest BCUT2D eigenvalue weighted by atomic mass is 9.92. The summed E-state index contributed by atoms with van der Waals surface area (Å²) in [5.41, 5.74) is 16.3. The van der Waals surface area contributed by atoms with Crippen LogP contribution < -0.4 is 60.0 Å². The summed E-state index contributed by atoms with van der Waals surface area (Å²) in [4.78, 5) is 137. The maximum atomic E-state index is 13.0. The molecule has 0 spiro atoms. The van der Waals surface area contributed by atoms with Crippen molar-refractivity contribution >= 4 is 69.9 Å². The van der Waals surface area contributed by atoms with Gasteiger partial charge in [-0.25, -0.2) is 9.97 Å². The monoisotopic (exact) mass is 881 g/mol. The molecule has 0 aliphatic heterocycles. The van der Waals surface area contributed by atoms with Crippen LogP contribution in [0, 0.1) is 4.91 Å². The van der Waals surface area contributed by atoms with Crippen molar-refractivity contribution < 1.29 is 43.5 Å². The molecule has 26 heteroatoms. The number of nitrogens with two attached hydrogens (primary N) is 3. The number of nitrogens with zero attached hydrogens (tertiary/aromatic N) is 4. The summed E-state index contributed by atoms with van der Waals surface area (Å²) >= 11 is 0. The Kier molecular flexibility index (Phi) is 19.2. The van der Waals surface area contributed by atoms with Gasteiger partial charge in [0, 0.05) is 17.7 Å². The molecule has 15 N–H and O–H groups in total. The fraction of sp³-hybridized carbons (Fsp3) is 0.459. The number of amides is 5. The number of carbonyl (C=O) groups excluding carboxylic acids is 7. The molecule has 0 unspecified atom stereocenters. The Morgan fingerprint density at radius 2 is 1.51 bits per heavy atom. The minimum absolute atomic E-state index is 0.00358. The molecule has 0 saturated heterocycles. The van der Waals surface area contributed by atoms with Gasteiger partial charge < -0.3 is 54.2 Å². The van der Waals surface area contributed by atoms with Crippen LogP contribution in [0.4, 0.5) is 11.6 Å². The molecule has 0 fully saturated rings. The van der Waals surface area contributed by atoms with Gasteiger partial charge in [-0.15, -0.1) is 0 Å². The minimum atomic E-state index is -1.36. The zero-order valence-electron chi connectivity index (χ0n) is 34.4. The molecule has 1 aromatic carbocycles. The number of hydrogen-bond acceptors (Lipinski definition) is 19. The Morgan fingerprint density at radius 1 is 0.841 bits per heavy atom. The second-order valence-electron chi connectivity index (χ2n) is 14.5. The number of benzene rings is 1. The van der Waals surface area contributed by atoms with Gasteiger partial charge in [-0.1, -0.05) is 5.18 Å². The molecule has 63 heavy (non-hydrogen) atoms. The Hall–Kier alpha value is -7.32. The molecule has 340 valence electrons. The first-order valence-electron chi connectivity index (χ1n) is 19.4. The quantitative estimate of drug-likeness (QED) is 0.0325. The van der Waals surface area contributed by atoms with Crippen molar-refractivity contribution in [2.75, 3.05) is 50.3 Å². The van der Waals surface area contributed by atoms with Crippen LogP contribution in [-0.2, 0) is 40.1 Å². The van der Waals surface area contributed by atoms with E-state index in [1.165, 1.54) is 32.2 Å². The van der Waals surface area contributed by atoms with E-state index >= 15 is 0 Å². The zero-order chi connectivity index (χ0) is 46.7. The molecule has 2 aromatic heterocycles. The molecular weight excluding hydrogens is 831 g/mol. The summed E-state index contributed by atoms with van der Waals surface area (Å²) in [7, 11) is 0.